The van der Waals surface area contributed by atoms with Crippen LogP contribution in [0, 0.1) is 0 Å². The first-order valence-corrected chi connectivity index (χ1v) is 6.28. The fourth-order valence-corrected chi connectivity index (χ4v) is 2.30. The Kier molecular flexibility index (Phi) is 3.02. The molecular weight excluding hydrogens is 258 g/mol. The number of carbonyl (C=O) groups is 1. The predicted molar refractivity (Wildman–Crippen MR) is 76.6 cm³/mol. The number of fused-ring (bicyclic) bond motifs is 1. The number of halogens is 1. The van der Waals surface area contributed by atoms with Crippen LogP contribution in [0.5, 0.6) is 0 Å². The molecule has 2 aromatic carbocycles. The number of rotatable bonds is 2. The minimum absolute atomic E-state index is 0.102. The van der Waals surface area contributed by atoms with E-state index in [9.17, 15) is 4.79 Å². The Hall–Kier alpha value is -2.19. The van der Waals surface area contributed by atoms with Crippen LogP contribution in [0.4, 0.5) is 0 Å². The first kappa shape index (κ1) is 11.9. The van der Waals surface area contributed by atoms with E-state index in [-0.39, 0.29) is 5.78 Å². The number of carbonyl (C=O) groups excluding carboxylic acids is 1. The van der Waals surface area contributed by atoms with Gasteiger partial charge < -0.3 is 0 Å². The largest absolute Gasteiger partial charge is 0.288 e. The molecule has 0 radical (unpaired) electrons. The molecule has 0 aliphatic rings. The van der Waals surface area contributed by atoms with E-state index in [1.54, 1.807) is 36.5 Å². The average molecular weight is 268 g/mol. The van der Waals surface area contributed by atoms with E-state index >= 15 is 0 Å². The summed E-state index contributed by atoms with van der Waals surface area (Å²) in [5, 5.41) is 1.40. The summed E-state index contributed by atoms with van der Waals surface area (Å²) in [6.45, 7) is 0. The summed E-state index contributed by atoms with van der Waals surface area (Å²) in [7, 11) is 0. The molecule has 0 aliphatic heterocycles. The van der Waals surface area contributed by atoms with Gasteiger partial charge in [-0.1, -0.05) is 41.9 Å². The van der Waals surface area contributed by atoms with Crippen molar-refractivity contribution in [2.24, 2.45) is 0 Å². The summed E-state index contributed by atoms with van der Waals surface area (Å²) in [6, 6.07) is 16.4. The van der Waals surface area contributed by atoms with Gasteiger partial charge in [0.1, 0.15) is 0 Å². The third kappa shape index (κ3) is 2.11. The molecule has 19 heavy (non-hydrogen) atoms. The highest BCUT2D eigenvalue weighted by Gasteiger charge is 2.15. The smallest absolute Gasteiger partial charge is 0.196 e. The maximum atomic E-state index is 12.6. The summed E-state index contributed by atoms with van der Waals surface area (Å²) >= 11 is 6.08. The number of hydrogen-bond donors (Lipinski definition) is 0. The van der Waals surface area contributed by atoms with Gasteiger partial charge in [0.2, 0.25) is 0 Å². The maximum absolute atomic E-state index is 12.6. The first-order valence-electron chi connectivity index (χ1n) is 5.90. The van der Waals surface area contributed by atoms with Crippen LogP contribution in [0.25, 0.3) is 10.9 Å². The molecular formula is C16H10ClNO. The van der Waals surface area contributed by atoms with Gasteiger partial charge >= 0.3 is 0 Å². The van der Waals surface area contributed by atoms with Crippen molar-refractivity contribution in [2.45, 2.75) is 0 Å². The lowest BCUT2D eigenvalue weighted by Crippen LogP contribution is -2.03. The summed E-state index contributed by atoms with van der Waals surface area (Å²) in [6.07, 6.45) is 1.69. The highest BCUT2D eigenvalue weighted by Crippen LogP contribution is 2.23. The van der Waals surface area contributed by atoms with E-state index < -0.39 is 0 Å². The van der Waals surface area contributed by atoms with Crippen molar-refractivity contribution in [3.63, 3.8) is 0 Å². The third-order valence-electron chi connectivity index (χ3n) is 3.00. The molecule has 0 fully saturated rings. The van der Waals surface area contributed by atoms with Crippen molar-refractivity contribution in [1.82, 2.24) is 4.98 Å². The van der Waals surface area contributed by atoms with Gasteiger partial charge in [-0.05, 0) is 24.3 Å². The van der Waals surface area contributed by atoms with Gasteiger partial charge in [0, 0.05) is 22.7 Å². The zero-order chi connectivity index (χ0) is 13.2. The van der Waals surface area contributed by atoms with Crippen molar-refractivity contribution >= 4 is 28.3 Å². The first-order chi connectivity index (χ1) is 9.27. The second-order valence-corrected chi connectivity index (χ2v) is 4.60. The molecule has 0 atom stereocenters. The normalized spacial score (nSPS) is 10.6. The van der Waals surface area contributed by atoms with Crippen LogP contribution in [0.2, 0.25) is 5.02 Å². The fraction of sp³-hybridized carbons (Fsp3) is 0. The van der Waals surface area contributed by atoms with Crippen molar-refractivity contribution in [2.75, 3.05) is 0 Å². The molecule has 3 aromatic rings. The summed E-state index contributed by atoms with van der Waals surface area (Å²) in [4.78, 5) is 16.9. The molecule has 0 unspecified atom stereocenters. The van der Waals surface area contributed by atoms with Gasteiger partial charge in [-0.25, -0.2) is 0 Å². The van der Waals surface area contributed by atoms with Crippen molar-refractivity contribution in [3.05, 3.63) is 76.9 Å². The summed E-state index contributed by atoms with van der Waals surface area (Å²) < 4.78 is 0. The van der Waals surface area contributed by atoms with Gasteiger partial charge in [-0.15, -0.1) is 0 Å². The second kappa shape index (κ2) is 4.82. The van der Waals surface area contributed by atoms with Crippen LogP contribution in [0.1, 0.15) is 15.9 Å². The van der Waals surface area contributed by atoms with E-state index in [0.29, 0.717) is 21.7 Å². The lowest BCUT2D eigenvalue weighted by molar-refractivity contribution is 0.104. The number of benzene rings is 2. The average Bonchev–Trinajstić information content (AvgIpc) is 2.46. The summed E-state index contributed by atoms with van der Waals surface area (Å²) in [5.74, 6) is -0.102. The zero-order valence-corrected chi connectivity index (χ0v) is 10.8. The van der Waals surface area contributed by atoms with Crippen LogP contribution >= 0.6 is 11.6 Å². The van der Waals surface area contributed by atoms with Gasteiger partial charge in [0.25, 0.3) is 0 Å². The van der Waals surface area contributed by atoms with Gasteiger partial charge in [0.05, 0.1) is 10.5 Å². The topological polar surface area (TPSA) is 30.0 Å². The number of ketones is 1. The Morgan fingerprint density at radius 1 is 0.895 bits per heavy atom. The van der Waals surface area contributed by atoms with Gasteiger partial charge in [0.15, 0.2) is 5.78 Å². The zero-order valence-electron chi connectivity index (χ0n) is 10.0. The minimum Gasteiger partial charge on any atom is -0.288 e. The monoisotopic (exact) mass is 267 g/mol. The van der Waals surface area contributed by atoms with E-state index in [1.807, 2.05) is 24.3 Å². The van der Waals surface area contributed by atoms with Crippen molar-refractivity contribution in [3.8, 4) is 0 Å². The Morgan fingerprint density at radius 3 is 2.47 bits per heavy atom. The van der Waals surface area contributed by atoms with Crippen LogP contribution in [-0.2, 0) is 0 Å². The maximum Gasteiger partial charge on any atom is 0.196 e. The Balaban J connectivity index is 2.20. The second-order valence-electron chi connectivity index (χ2n) is 4.19. The quantitative estimate of drug-likeness (QED) is 0.654. The Bertz CT molecular complexity index is 762. The van der Waals surface area contributed by atoms with E-state index in [2.05, 4.69) is 4.98 Å². The fourth-order valence-electron chi connectivity index (χ4n) is 2.08. The molecule has 0 aliphatic carbocycles. The van der Waals surface area contributed by atoms with Crippen LogP contribution in [-0.4, -0.2) is 10.8 Å². The molecule has 3 heteroatoms. The highest BCUT2D eigenvalue weighted by molar-refractivity contribution is 6.35. The van der Waals surface area contributed by atoms with E-state index in [0.717, 1.165) is 5.39 Å². The highest BCUT2D eigenvalue weighted by atomic mass is 35.5. The van der Waals surface area contributed by atoms with E-state index in [1.165, 1.54) is 0 Å². The summed E-state index contributed by atoms with van der Waals surface area (Å²) in [5.41, 5.74) is 1.78. The van der Waals surface area contributed by atoms with Crippen LogP contribution < -0.4 is 0 Å². The molecule has 0 spiro atoms. The molecule has 0 bridgehead atoms. The third-order valence-corrected chi connectivity index (χ3v) is 3.33. The standard InChI is InChI=1S/C16H10ClNO/c17-14-9-2-1-7-12(14)16(19)13-8-3-5-11-6-4-10-18-15(11)13/h1-10H. The molecule has 0 saturated heterocycles. The minimum atomic E-state index is -0.102. The molecule has 1 heterocycles. The van der Waals surface area contributed by atoms with Crippen molar-refractivity contribution in [1.29, 1.82) is 0 Å². The number of aromatic nitrogens is 1. The molecule has 0 saturated carbocycles. The molecule has 2 nitrogen and oxygen atoms in total. The Morgan fingerprint density at radius 2 is 1.63 bits per heavy atom. The number of nitrogens with zero attached hydrogens (tertiary/aromatic N) is 1. The lowest BCUT2D eigenvalue weighted by Gasteiger charge is -2.06. The van der Waals surface area contributed by atoms with Crippen molar-refractivity contribution < 1.29 is 4.79 Å². The number of pyridine rings is 1. The lowest BCUT2D eigenvalue weighted by atomic mass is 10.0. The van der Waals surface area contributed by atoms with E-state index in [4.69, 9.17) is 11.6 Å². The van der Waals surface area contributed by atoms with Crippen LogP contribution in [0.3, 0.4) is 0 Å². The molecule has 92 valence electrons. The van der Waals surface area contributed by atoms with Gasteiger partial charge in [-0.3, -0.25) is 9.78 Å². The molecule has 3 rings (SSSR count). The number of hydrogen-bond acceptors (Lipinski definition) is 2. The number of para-hydroxylation sites is 1. The molecule has 1 aromatic heterocycles. The SMILES string of the molecule is O=C(c1ccccc1Cl)c1cccc2cccnc12. The van der Waals surface area contributed by atoms with Crippen LogP contribution in [0.15, 0.2) is 60.8 Å². The molecule has 0 N–H and O–H groups in total. The predicted octanol–water partition coefficient (Wildman–Crippen LogP) is 4.12. The Labute approximate surface area is 115 Å². The van der Waals surface area contributed by atoms with Gasteiger partial charge in [-0.2, -0.15) is 0 Å². The molecule has 0 amide bonds.